The van der Waals surface area contributed by atoms with Gasteiger partial charge in [-0.1, -0.05) is 41.9 Å². The second kappa shape index (κ2) is 13.3. The number of carbonyl (C=O) groups is 2. The van der Waals surface area contributed by atoms with Crippen molar-refractivity contribution in [3.63, 3.8) is 0 Å². The zero-order chi connectivity index (χ0) is 26.8. The topological polar surface area (TPSA) is 98.3 Å². The lowest BCUT2D eigenvalue weighted by atomic mass is 10.2. The van der Waals surface area contributed by atoms with Crippen LogP contribution >= 0.6 is 23.2 Å². The van der Waals surface area contributed by atoms with Crippen LogP contribution in [0.2, 0.25) is 10.0 Å². The molecule has 0 unspecified atom stereocenters. The molecule has 0 aromatic heterocycles. The summed E-state index contributed by atoms with van der Waals surface area (Å²) in [6.07, 6.45) is 3.04. The zero-order valence-electron chi connectivity index (χ0n) is 20.2. The lowest BCUT2D eigenvalue weighted by Gasteiger charge is -2.10. The van der Waals surface area contributed by atoms with Gasteiger partial charge < -0.3 is 19.5 Å². The van der Waals surface area contributed by atoms with Crippen molar-refractivity contribution in [3.8, 4) is 17.2 Å². The zero-order valence-corrected chi connectivity index (χ0v) is 21.7. The Bertz CT molecular complexity index is 1330. The number of hydrogen-bond donors (Lipinski definition) is 2. The lowest BCUT2D eigenvalue weighted by molar-refractivity contribution is -0.118. The van der Waals surface area contributed by atoms with E-state index >= 15 is 0 Å². The fourth-order valence-corrected chi connectivity index (χ4v) is 3.46. The number of ether oxygens (including phenoxy) is 3. The van der Waals surface area contributed by atoms with E-state index in [1.807, 2.05) is 13.0 Å². The van der Waals surface area contributed by atoms with Gasteiger partial charge in [-0.25, -0.2) is 5.43 Å². The first-order chi connectivity index (χ1) is 17.8. The minimum absolute atomic E-state index is 0.240. The number of hydrazone groups is 1. The second-order valence-corrected chi connectivity index (χ2v) is 8.47. The van der Waals surface area contributed by atoms with Gasteiger partial charge in [-0.3, -0.25) is 9.59 Å². The number of aryl methyl sites for hydroxylation is 1. The molecule has 37 heavy (non-hydrogen) atoms. The van der Waals surface area contributed by atoms with Crippen LogP contribution in [0, 0.1) is 6.92 Å². The molecular formula is C27H25Cl2N3O5. The molecule has 0 heterocycles. The Kier molecular flexibility index (Phi) is 9.94. The molecule has 0 aliphatic heterocycles. The highest BCUT2D eigenvalue weighted by molar-refractivity contribution is 6.32. The molecule has 192 valence electrons. The molecule has 0 atom stereocenters. The maximum Gasteiger partial charge on any atom is 0.271 e. The third-order valence-corrected chi connectivity index (χ3v) is 5.64. The van der Waals surface area contributed by atoms with E-state index in [9.17, 15) is 9.59 Å². The first kappa shape index (κ1) is 27.6. The minimum Gasteiger partial charge on any atom is -0.493 e. The predicted octanol–water partition coefficient (Wildman–Crippen LogP) is 5.66. The molecule has 3 aromatic carbocycles. The molecule has 10 heteroatoms. The van der Waals surface area contributed by atoms with E-state index in [-0.39, 0.29) is 17.5 Å². The molecule has 0 bridgehead atoms. The average molecular weight is 542 g/mol. The number of rotatable bonds is 11. The number of nitrogens with zero attached hydrogens (tertiary/aromatic N) is 1. The van der Waals surface area contributed by atoms with Gasteiger partial charge in [0.1, 0.15) is 12.4 Å². The molecule has 0 saturated heterocycles. The Labute approximate surface area is 224 Å². The van der Waals surface area contributed by atoms with Gasteiger partial charge in [0.2, 0.25) is 0 Å². The van der Waals surface area contributed by atoms with Crippen LogP contribution in [0.25, 0.3) is 0 Å². The largest absolute Gasteiger partial charge is 0.493 e. The van der Waals surface area contributed by atoms with Crippen molar-refractivity contribution in [1.29, 1.82) is 0 Å². The number of benzene rings is 3. The molecule has 3 rings (SSSR count). The van der Waals surface area contributed by atoms with E-state index in [4.69, 9.17) is 37.4 Å². The molecule has 2 amide bonds. The van der Waals surface area contributed by atoms with Gasteiger partial charge in [0.05, 0.1) is 18.3 Å². The van der Waals surface area contributed by atoms with Gasteiger partial charge in [-0.2, -0.15) is 5.10 Å². The van der Waals surface area contributed by atoms with Crippen molar-refractivity contribution in [2.24, 2.45) is 5.10 Å². The molecule has 0 spiro atoms. The van der Waals surface area contributed by atoms with E-state index in [2.05, 4.69) is 22.4 Å². The van der Waals surface area contributed by atoms with Gasteiger partial charge in [0, 0.05) is 16.3 Å². The van der Waals surface area contributed by atoms with Crippen molar-refractivity contribution in [1.82, 2.24) is 5.43 Å². The van der Waals surface area contributed by atoms with Gasteiger partial charge in [-0.05, 0) is 66.6 Å². The van der Waals surface area contributed by atoms with Crippen LogP contribution in [0.15, 0.2) is 72.4 Å². The molecule has 0 aliphatic carbocycles. The van der Waals surface area contributed by atoms with Gasteiger partial charge in [0.15, 0.2) is 18.1 Å². The minimum atomic E-state index is -0.434. The summed E-state index contributed by atoms with van der Waals surface area (Å²) in [5.74, 6) is 0.442. The molecule has 3 aromatic rings. The van der Waals surface area contributed by atoms with Gasteiger partial charge >= 0.3 is 0 Å². The Morgan fingerprint density at radius 2 is 1.76 bits per heavy atom. The average Bonchev–Trinajstić information content (AvgIpc) is 2.89. The Balaban J connectivity index is 1.54. The van der Waals surface area contributed by atoms with Crippen LogP contribution in [0.1, 0.15) is 21.5 Å². The van der Waals surface area contributed by atoms with Crippen LogP contribution in [-0.2, 0) is 4.79 Å². The number of carbonyl (C=O) groups excluding carboxylic acids is 2. The SMILES string of the molecule is C=CCOc1ccc(C(=O)N/N=C/c2ccc(OCC(=O)Nc3ccc(C)c(Cl)c3)c(Cl)c2)cc1OC. The highest BCUT2D eigenvalue weighted by Crippen LogP contribution is 2.28. The molecule has 8 nitrogen and oxygen atoms in total. The first-order valence-corrected chi connectivity index (χ1v) is 11.8. The third-order valence-electron chi connectivity index (χ3n) is 4.93. The number of hydrogen-bond acceptors (Lipinski definition) is 6. The maximum atomic E-state index is 12.4. The Morgan fingerprint density at radius 1 is 0.973 bits per heavy atom. The molecule has 0 fully saturated rings. The van der Waals surface area contributed by atoms with Gasteiger partial charge in [0.25, 0.3) is 11.8 Å². The van der Waals surface area contributed by atoms with Crippen LogP contribution in [0.3, 0.4) is 0 Å². The summed E-state index contributed by atoms with van der Waals surface area (Å²) in [6.45, 7) is 5.55. The summed E-state index contributed by atoms with van der Waals surface area (Å²) in [5, 5.41) is 7.51. The van der Waals surface area contributed by atoms with Gasteiger partial charge in [-0.15, -0.1) is 0 Å². The Morgan fingerprint density at radius 3 is 2.46 bits per heavy atom. The van der Waals surface area contributed by atoms with Crippen LogP contribution < -0.4 is 25.0 Å². The fourth-order valence-electron chi connectivity index (χ4n) is 3.03. The van der Waals surface area contributed by atoms with Crippen molar-refractivity contribution in [3.05, 3.63) is 94.0 Å². The van der Waals surface area contributed by atoms with E-state index in [1.54, 1.807) is 54.6 Å². The van der Waals surface area contributed by atoms with Crippen LogP contribution in [0.5, 0.6) is 17.2 Å². The lowest BCUT2D eigenvalue weighted by Crippen LogP contribution is -2.20. The fraction of sp³-hybridized carbons (Fsp3) is 0.148. The van der Waals surface area contributed by atoms with E-state index in [0.717, 1.165) is 5.56 Å². The molecule has 0 aliphatic rings. The maximum absolute atomic E-state index is 12.4. The van der Waals surface area contributed by atoms with E-state index < -0.39 is 5.91 Å². The highest BCUT2D eigenvalue weighted by atomic mass is 35.5. The monoisotopic (exact) mass is 541 g/mol. The smallest absolute Gasteiger partial charge is 0.271 e. The molecule has 2 N–H and O–H groups in total. The van der Waals surface area contributed by atoms with Crippen molar-refractivity contribution in [2.75, 3.05) is 25.6 Å². The summed E-state index contributed by atoms with van der Waals surface area (Å²) in [4.78, 5) is 24.6. The summed E-state index contributed by atoms with van der Waals surface area (Å²) in [7, 11) is 1.49. The molecule has 0 saturated carbocycles. The first-order valence-electron chi connectivity index (χ1n) is 11.0. The van der Waals surface area contributed by atoms with E-state index in [0.29, 0.717) is 45.7 Å². The number of methoxy groups -OCH3 is 1. The van der Waals surface area contributed by atoms with Crippen LogP contribution in [-0.4, -0.2) is 38.4 Å². The summed E-state index contributed by atoms with van der Waals surface area (Å²) in [6, 6.07) is 14.9. The second-order valence-electron chi connectivity index (χ2n) is 7.66. The quantitative estimate of drug-likeness (QED) is 0.185. The molecule has 0 radical (unpaired) electrons. The molecular weight excluding hydrogens is 517 g/mol. The number of halogens is 2. The van der Waals surface area contributed by atoms with Crippen molar-refractivity contribution >= 4 is 46.9 Å². The standard InChI is InChI=1S/C27H25Cl2N3O5/c1-4-11-36-24-10-7-19(13-25(24)35-3)27(34)32-30-15-18-6-9-23(22(29)12-18)37-16-26(33)31-20-8-5-17(2)21(28)14-20/h4-10,12-15H,1,11,16H2,2-3H3,(H,31,33)(H,32,34)/b30-15+. The predicted molar refractivity (Wildman–Crippen MR) is 146 cm³/mol. The number of anilines is 1. The normalized spacial score (nSPS) is 10.6. The van der Waals surface area contributed by atoms with Crippen LogP contribution in [0.4, 0.5) is 5.69 Å². The van der Waals surface area contributed by atoms with E-state index in [1.165, 1.54) is 13.3 Å². The highest BCUT2D eigenvalue weighted by Gasteiger charge is 2.11. The number of amides is 2. The Hall–Kier alpha value is -4.01. The number of nitrogens with one attached hydrogen (secondary N) is 2. The van der Waals surface area contributed by atoms with Crippen molar-refractivity contribution in [2.45, 2.75) is 6.92 Å². The summed E-state index contributed by atoms with van der Waals surface area (Å²) < 4.78 is 16.3. The van der Waals surface area contributed by atoms with Crippen molar-refractivity contribution < 1.29 is 23.8 Å². The summed E-state index contributed by atoms with van der Waals surface area (Å²) >= 11 is 12.4. The summed E-state index contributed by atoms with van der Waals surface area (Å²) in [5.41, 5.74) is 4.88. The third kappa shape index (κ3) is 7.99.